The largest absolute Gasteiger partial charge is 0.392 e. The third-order valence-electron chi connectivity index (χ3n) is 6.89. The van der Waals surface area contributed by atoms with Crippen LogP contribution in [0.2, 0.25) is 0 Å². The number of urea groups is 1. The van der Waals surface area contributed by atoms with Gasteiger partial charge >= 0.3 is 6.03 Å². The molecule has 5 rings (SSSR count). The zero-order valence-electron chi connectivity index (χ0n) is 23.0. The molecule has 1 fully saturated rings. The first kappa shape index (κ1) is 29.2. The van der Waals surface area contributed by atoms with Gasteiger partial charge in [0.2, 0.25) is 0 Å². The highest BCUT2D eigenvalue weighted by molar-refractivity contribution is 8.01. The molecule has 2 heterocycles. The van der Waals surface area contributed by atoms with Crippen molar-refractivity contribution >= 4 is 29.1 Å². The number of aliphatic hydroxyl groups excluding tert-OH is 1. The summed E-state index contributed by atoms with van der Waals surface area (Å²) in [5.74, 6) is 0.600. The van der Waals surface area contributed by atoms with Crippen LogP contribution in [-0.4, -0.2) is 39.7 Å². The van der Waals surface area contributed by atoms with E-state index in [9.17, 15) is 9.90 Å². The number of carbonyl (C=O) groups excluding carboxylic acids is 1. The van der Waals surface area contributed by atoms with E-state index in [1.807, 2.05) is 80.6 Å². The van der Waals surface area contributed by atoms with Gasteiger partial charge in [-0.3, -0.25) is 0 Å². The molecule has 3 aromatic carbocycles. The number of aryl methyl sites for hydroxylation is 1. The Bertz CT molecular complexity index is 1400. The van der Waals surface area contributed by atoms with Gasteiger partial charge in [-0.1, -0.05) is 102 Å². The van der Waals surface area contributed by atoms with Crippen molar-refractivity contribution in [2.24, 2.45) is 0 Å². The molecule has 1 saturated heterocycles. The molecule has 0 spiro atoms. The Morgan fingerprint density at radius 3 is 2.27 bits per heavy atom. The van der Waals surface area contributed by atoms with E-state index < -0.39 is 6.29 Å². The molecule has 1 aliphatic rings. The second-order valence-electron chi connectivity index (χ2n) is 9.75. The molecule has 41 heavy (non-hydrogen) atoms. The Kier molecular flexibility index (Phi) is 10.0. The molecule has 1 aliphatic heterocycles. The SMILES string of the molecule is CCNC(=O)NCc1ccc(C2O[C@H](CSc3nnc(C)s3)[C@@H](c3ccccc3)[C@H](c3ccc(CO)cc3)O2)cc1. The van der Waals surface area contributed by atoms with Crippen LogP contribution in [0.15, 0.2) is 83.2 Å². The minimum atomic E-state index is -0.593. The summed E-state index contributed by atoms with van der Waals surface area (Å²) in [6, 6.07) is 26.0. The summed E-state index contributed by atoms with van der Waals surface area (Å²) in [5, 5.41) is 24.6. The molecule has 2 amide bonds. The van der Waals surface area contributed by atoms with Crippen LogP contribution in [0, 0.1) is 6.92 Å². The number of amides is 2. The van der Waals surface area contributed by atoms with E-state index in [2.05, 4.69) is 33.0 Å². The molecule has 1 unspecified atom stereocenters. The van der Waals surface area contributed by atoms with Crippen LogP contribution >= 0.6 is 23.1 Å². The molecule has 0 aliphatic carbocycles. The van der Waals surface area contributed by atoms with Crippen molar-refractivity contribution in [1.82, 2.24) is 20.8 Å². The second kappa shape index (κ2) is 14.1. The lowest BCUT2D eigenvalue weighted by atomic mass is 9.84. The van der Waals surface area contributed by atoms with E-state index in [4.69, 9.17) is 9.47 Å². The van der Waals surface area contributed by atoms with E-state index in [0.29, 0.717) is 18.8 Å². The monoisotopic (exact) mass is 590 g/mol. The fourth-order valence-corrected chi connectivity index (χ4v) is 6.75. The average molecular weight is 591 g/mol. The van der Waals surface area contributed by atoms with E-state index in [1.54, 1.807) is 23.1 Å². The smallest absolute Gasteiger partial charge is 0.315 e. The molecule has 4 atom stereocenters. The summed E-state index contributed by atoms with van der Waals surface area (Å²) >= 11 is 3.23. The molecule has 0 radical (unpaired) electrons. The van der Waals surface area contributed by atoms with Crippen LogP contribution in [0.5, 0.6) is 0 Å². The minimum absolute atomic E-state index is 0.0124. The molecule has 0 bridgehead atoms. The second-order valence-corrected chi connectivity index (χ2v) is 12.2. The summed E-state index contributed by atoms with van der Waals surface area (Å²) in [4.78, 5) is 11.8. The van der Waals surface area contributed by atoms with Gasteiger partial charge < -0.3 is 25.2 Å². The van der Waals surface area contributed by atoms with Crippen LogP contribution in [0.4, 0.5) is 4.79 Å². The topological polar surface area (TPSA) is 106 Å². The van der Waals surface area contributed by atoms with Crippen molar-refractivity contribution in [3.63, 3.8) is 0 Å². The summed E-state index contributed by atoms with van der Waals surface area (Å²) in [5.41, 5.74) is 4.89. The fraction of sp³-hybridized carbons (Fsp3) is 0.323. The summed E-state index contributed by atoms with van der Waals surface area (Å²) < 4.78 is 14.4. The Morgan fingerprint density at radius 2 is 1.61 bits per heavy atom. The zero-order valence-corrected chi connectivity index (χ0v) is 24.7. The van der Waals surface area contributed by atoms with Gasteiger partial charge in [-0.25, -0.2) is 4.79 Å². The Balaban J connectivity index is 1.44. The number of aliphatic hydroxyl groups is 1. The van der Waals surface area contributed by atoms with Crippen LogP contribution in [0.1, 0.15) is 58.1 Å². The Hall–Kier alpha value is -3.28. The number of aromatic nitrogens is 2. The number of rotatable bonds is 10. The Morgan fingerprint density at radius 1 is 0.902 bits per heavy atom. The Labute approximate surface area is 248 Å². The number of hydrogen-bond donors (Lipinski definition) is 3. The first-order chi connectivity index (χ1) is 20.0. The highest BCUT2D eigenvalue weighted by atomic mass is 32.2. The summed E-state index contributed by atoms with van der Waals surface area (Å²) in [7, 11) is 0. The van der Waals surface area contributed by atoms with E-state index in [0.717, 1.165) is 37.2 Å². The van der Waals surface area contributed by atoms with Crippen molar-refractivity contribution in [3.05, 3.63) is 112 Å². The van der Waals surface area contributed by atoms with Crippen LogP contribution in [0.25, 0.3) is 0 Å². The van der Waals surface area contributed by atoms with Gasteiger partial charge in [-0.2, -0.15) is 0 Å². The van der Waals surface area contributed by atoms with Crippen molar-refractivity contribution in [1.29, 1.82) is 0 Å². The van der Waals surface area contributed by atoms with Gasteiger partial charge in [0.05, 0.1) is 18.8 Å². The molecule has 0 saturated carbocycles. The molecule has 10 heteroatoms. The van der Waals surface area contributed by atoms with Crippen molar-refractivity contribution in [2.45, 2.75) is 55.8 Å². The number of thioether (sulfide) groups is 1. The standard InChI is InChI=1S/C31H34N4O4S2/c1-3-32-30(37)33-17-21-9-15-25(16-10-21)29-38-26(19-40-31-35-34-20(2)41-31)27(23-7-5-4-6-8-23)28(39-29)24-13-11-22(18-36)12-14-24/h4-16,26-29,36H,3,17-19H2,1-2H3,(H2,32,33,37)/t26-,27-,28+,29?/m1/s1. The van der Waals surface area contributed by atoms with Crippen molar-refractivity contribution < 1.29 is 19.4 Å². The third kappa shape index (κ3) is 7.52. The maximum absolute atomic E-state index is 11.8. The zero-order chi connectivity index (χ0) is 28.6. The lowest BCUT2D eigenvalue weighted by Crippen LogP contribution is -2.38. The lowest BCUT2D eigenvalue weighted by molar-refractivity contribution is -0.255. The highest BCUT2D eigenvalue weighted by Crippen LogP contribution is 2.48. The first-order valence-corrected chi connectivity index (χ1v) is 15.4. The maximum Gasteiger partial charge on any atom is 0.315 e. The number of nitrogens with zero attached hydrogens (tertiary/aromatic N) is 2. The van der Waals surface area contributed by atoms with Gasteiger partial charge in [-0.05, 0) is 36.1 Å². The average Bonchev–Trinajstić information content (AvgIpc) is 3.44. The van der Waals surface area contributed by atoms with Gasteiger partial charge in [0.1, 0.15) is 5.01 Å². The van der Waals surface area contributed by atoms with Crippen molar-refractivity contribution in [3.8, 4) is 0 Å². The quantitative estimate of drug-likeness (QED) is 0.198. The van der Waals surface area contributed by atoms with E-state index in [-0.39, 0.29) is 30.8 Å². The van der Waals surface area contributed by atoms with Gasteiger partial charge in [0.25, 0.3) is 0 Å². The highest BCUT2D eigenvalue weighted by Gasteiger charge is 2.42. The maximum atomic E-state index is 11.8. The molecule has 8 nitrogen and oxygen atoms in total. The van der Waals surface area contributed by atoms with Crippen molar-refractivity contribution in [2.75, 3.05) is 12.3 Å². The predicted molar refractivity (Wildman–Crippen MR) is 161 cm³/mol. The number of carbonyl (C=O) groups is 1. The summed E-state index contributed by atoms with van der Waals surface area (Å²) in [6.45, 7) is 4.83. The molecular weight excluding hydrogens is 556 g/mol. The van der Waals surface area contributed by atoms with Gasteiger partial charge in [-0.15, -0.1) is 10.2 Å². The third-order valence-corrected chi connectivity index (χ3v) is 8.95. The fourth-order valence-electron chi connectivity index (χ4n) is 4.84. The number of hydrogen-bond acceptors (Lipinski definition) is 8. The number of benzene rings is 3. The lowest BCUT2D eigenvalue weighted by Gasteiger charge is -2.43. The molecule has 3 N–H and O–H groups in total. The van der Waals surface area contributed by atoms with Crippen LogP contribution in [-0.2, 0) is 22.6 Å². The summed E-state index contributed by atoms with van der Waals surface area (Å²) in [6.07, 6.45) is -1.07. The van der Waals surface area contributed by atoms with E-state index >= 15 is 0 Å². The van der Waals surface area contributed by atoms with E-state index in [1.165, 1.54) is 0 Å². The molecule has 214 valence electrons. The minimum Gasteiger partial charge on any atom is -0.392 e. The number of ether oxygens (including phenoxy) is 2. The first-order valence-electron chi connectivity index (χ1n) is 13.6. The van der Waals surface area contributed by atoms with Gasteiger partial charge in [0.15, 0.2) is 10.6 Å². The predicted octanol–water partition coefficient (Wildman–Crippen LogP) is 5.89. The van der Waals surface area contributed by atoms with Gasteiger partial charge in [0, 0.05) is 30.3 Å². The molecule has 4 aromatic rings. The number of nitrogens with one attached hydrogen (secondary N) is 2. The van der Waals surface area contributed by atoms with Crippen LogP contribution in [0.3, 0.4) is 0 Å². The van der Waals surface area contributed by atoms with Crippen LogP contribution < -0.4 is 10.6 Å². The molecule has 1 aromatic heterocycles. The molecular formula is C31H34N4O4S2. The normalized spacial score (nSPS) is 20.5.